The summed E-state index contributed by atoms with van der Waals surface area (Å²) < 4.78 is 6.78. The van der Waals surface area contributed by atoms with Crippen LogP contribution in [0, 0.1) is 11.3 Å². The molecule has 1 rings (SSSR count). The first-order valence-electron chi connectivity index (χ1n) is 6.53. The Kier molecular flexibility index (Phi) is 6.82. The lowest BCUT2D eigenvalue weighted by molar-refractivity contribution is 0.205. The van der Waals surface area contributed by atoms with Crippen LogP contribution >= 0.6 is 15.9 Å². The van der Waals surface area contributed by atoms with Gasteiger partial charge in [0.25, 0.3) is 0 Å². The SMILES string of the molecule is CCCCCCC(C)Oc1cc(Br)ccc1C#N. The van der Waals surface area contributed by atoms with Crippen molar-refractivity contribution >= 4 is 15.9 Å². The van der Waals surface area contributed by atoms with E-state index in [0.717, 1.165) is 10.9 Å². The number of hydrogen-bond donors (Lipinski definition) is 0. The van der Waals surface area contributed by atoms with E-state index in [4.69, 9.17) is 10.00 Å². The lowest BCUT2D eigenvalue weighted by atomic mass is 10.1. The van der Waals surface area contributed by atoms with Crippen molar-refractivity contribution in [3.63, 3.8) is 0 Å². The fourth-order valence-electron chi connectivity index (χ4n) is 1.82. The van der Waals surface area contributed by atoms with Crippen LogP contribution in [0.5, 0.6) is 5.75 Å². The van der Waals surface area contributed by atoms with E-state index in [1.807, 2.05) is 12.1 Å². The van der Waals surface area contributed by atoms with Gasteiger partial charge in [0.05, 0.1) is 11.7 Å². The van der Waals surface area contributed by atoms with Crippen LogP contribution in [0.1, 0.15) is 51.5 Å². The number of hydrogen-bond acceptors (Lipinski definition) is 2. The molecule has 0 aliphatic heterocycles. The number of ether oxygens (including phenoxy) is 1. The first kappa shape index (κ1) is 15.0. The zero-order valence-electron chi connectivity index (χ0n) is 11.1. The van der Waals surface area contributed by atoms with Crippen LogP contribution in [0.15, 0.2) is 22.7 Å². The van der Waals surface area contributed by atoms with E-state index >= 15 is 0 Å². The fourth-order valence-corrected chi connectivity index (χ4v) is 2.16. The zero-order valence-corrected chi connectivity index (χ0v) is 12.7. The van der Waals surface area contributed by atoms with E-state index in [9.17, 15) is 0 Å². The second-order valence-electron chi connectivity index (χ2n) is 4.53. The molecule has 18 heavy (non-hydrogen) atoms. The number of nitrogens with zero attached hydrogens (tertiary/aromatic N) is 1. The summed E-state index contributed by atoms with van der Waals surface area (Å²) in [4.78, 5) is 0. The molecule has 0 radical (unpaired) electrons. The molecule has 2 nitrogen and oxygen atoms in total. The number of nitriles is 1. The summed E-state index contributed by atoms with van der Waals surface area (Å²) >= 11 is 3.40. The van der Waals surface area contributed by atoms with Crippen molar-refractivity contribution in [1.82, 2.24) is 0 Å². The van der Waals surface area contributed by atoms with Crippen LogP contribution in [-0.4, -0.2) is 6.10 Å². The van der Waals surface area contributed by atoms with E-state index in [1.165, 1.54) is 25.7 Å². The minimum Gasteiger partial charge on any atom is -0.489 e. The zero-order chi connectivity index (χ0) is 13.4. The summed E-state index contributed by atoms with van der Waals surface area (Å²) in [6.07, 6.45) is 6.17. The van der Waals surface area contributed by atoms with Crippen molar-refractivity contribution in [2.24, 2.45) is 0 Å². The third-order valence-corrected chi connectivity index (χ3v) is 3.35. The van der Waals surface area contributed by atoms with Gasteiger partial charge in [-0.25, -0.2) is 0 Å². The average Bonchev–Trinajstić information content (AvgIpc) is 2.35. The molecule has 3 heteroatoms. The van der Waals surface area contributed by atoms with Crippen LogP contribution < -0.4 is 4.74 Å². The van der Waals surface area contributed by atoms with Crippen LogP contribution in [0.4, 0.5) is 0 Å². The third-order valence-electron chi connectivity index (χ3n) is 2.86. The molecule has 0 spiro atoms. The molecule has 0 amide bonds. The van der Waals surface area contributed by atoms with Gasteiger partial charge >= 0.3 is 0 Å². The quantitative estimate of drug-likeness (QED) is 0.660. The Morgan fingerprint density at radius 2 is 2.11 bits per heavy atom. The Morgan fingerprint density at radius 1 is 1.33 bits per heavy atom. The Labute approximate surface area is 118 Å². The lowest BCUT2D eigenvalue weighted by Gasteiger charge is -2.15. The highest BCUT2D eigenvalue weighted by Crippen LogP contribution is 2.25. The van der Waals surface area contributed by atoms with Gasteiger partial charge in [-0.3, -0.25) is 0 Å². The van der Waals surface area contributed by atoms with E-state index in [2.05, 4.69) is 35.8 Å². The molecule has 1 unspecified atom stereocenters. The van der Waals surface area contributed by atoms with Crippen LogP contribution in [0.25, 0.3) is 0 Å². The summed E-state index contributed by atoms with van der Waals surface area (Å²) in [5, 5.41) is 9.02. The molecule has 98 valence electrons. The van der Waals surface area contributed by atoms with Gasteiger partial charge in [-0.1, -0.05) is 42.1 Å². The summed E-state index contributed by atoms with van der Waals surface area (Å²) in [5.41, 5.74) is 0.596. The maximum atomic E-state index is 9.02. The molecular formula is C15H20BrNO. The van der Waals surface area contributed by atoms with Gasteiger partial charge in [-0.2, -0.15) is 5.26 Å². The topological polar surface area (TPSA) is 33.0 Å². The average molecular weight is 310 g/mol. The minimum atomic E-state index is 0.156. The lowest BCUT2D eigenvalue weighted by Crippen LogP contribution is -2.12. The molecular weight excluding hydrogens is 290 g/mol. The maximum Gasteiger partial charge on any atom is 0.138 e. The van der Waals surface area contributed by atoms with E-state index in [1.54, 1.807) is 6.07 Å². The molecule has 0 aliphatic carbocycles. The van der Waals surface area contributed by atoms with Crippen molar-refractivity contribution in [1.29, 1.82) is 5.26 Å². The molecule has 1 aromatic rings. The Hall–Kier alpha value is -1.01. The first-order valence-corrected chi connectivity index (χ1v) is 7.33. The standard InChI is InChI=1S/C15H20BrNO/c1-3-4-5-6-7-12(2)18-15-10-14(16)9-8-13(15)11-17/h8-10,12H,3-7H2,1-2H3. The predicted molar refractivity (Wildman–Crippen MR) is 77.7 cm³/mol. The van der Waals surface area contributed by atoms with Crippen LogP contribution in [0.2, 0.25) is 0 Å². The molecule has 0 saturated carbocycles. The fraction of sp³-hybridized carbons (Fsp3) is 0.533. The van der Waals surface area contributed by atoms with E-state index < -0.39 is 0 Å². The van der Waals surface area contributed by atoms with Gasteiger partial charge in [-0.15, -0.1) is 0 Å². The molecule has 0 heterocycles. The number of benzene rings is 1. The number of halogens is 1. The van der Waals surface area contributed by atoms with Gasteiger partial charge < -0.3 is 4.74 Å². The Bertz CT molecular complexity index is 411. The van der Waals surface area contributed by atoms with Crippen molar-refractivity contribution < 1.29 is 4.74 Å². The first-order chi connectivity index (χ1) is 8.67. The monoisotopic (exact) mass is 309 g/mol. The van der Waals surface area contributed by atoms with E-state index in [0.29, 0.717) is 11.3 Å². The predicted octanol–water partition coefficient (Wildman–Crippen LogP) is 5.06. The van der Waals surface area contributed by atoms with Gasteiger partial charge in [-0.05, 0) is 38.0 Å². The number of unbranched alkanes of at least 4 members (excludes halogenated alkanes) is 3. The molecule has 0 fully saturated rings. The summed E-state index contributed by atoms with van der Waals surface area (Å²) in [5.74, 6) is 0.676. The Morgan fingerprint density at radius 3 is 2.78 bits per heavy atom. The van der Waals surface area contributed by atoms with E-state index in [-0.39, 0.29) is 6.10 Å². The second kappa shape index (κ2) is 8.16. The second-order valence-corrected chi connectivity index (χ2v) is 5.45. The summed E-state index contributed by atoms with van der Waals surface area (Å²) in [6, 6.07) is 7.66. The normalized spacial score (nSPS) is 11.9. The highest BCUT2D eigenvalue weighted by Gasteiger charge is 2.08. The number of rotatable bonds is 7. The van der Waals surface area contributed by atoms with Gasteiger partial charge in [0.15, 0.2) is 0 Å². The molecule has 0 aromatic heterocycles. The van der Waals surface area contributed by atoms with Gasteiger partial charge in [0, 0.05) is 4.47 Å². The third kappa shape index (κ3) is 5.10. The van der Waals surface area contributed by atoms with Gasteiger partial charge in [0.2, 0.25) is 0 Å². The maximum absolute atomic E-state index is 9.02. The molecule has 0 N–H and O–H groups in total. The molecule has 0 aliphatic rings. The molecule has 0 bridgehead atoms. The van der Waals surface area contributed by atoms with Crippen molar-refractivity contribution in [3.05, 3.63) is 28.2 Å². The summed E-state index contributed by atoms with van der Waals surface area (Å²) in [6.45, 7) is 4.27. The largest absolute Gasteiger partial charge is 0.489 e. The minimum absolute atomic E-state index is 0.156. The highest BCUT2D eigenvalue weighted by molar-refractivity contribution is 9.10. The van der Waals surface area contributed by atoms with Crippen LogP contribution in [-0.2, 0) is 0 Å². The van der Waals surface area contributed by atoms with Crippen molar-refractivity contribution in [2.45, 2.75) is 52.1 Å². The smallest absolute Gasteiger partial charge is 0.138 e. The summed E-state index contributed by atoms with van der Waals surface area (Å²) in [7, 11) is 0. The van der Waals surface area contributed by atoms with Crippen molar-refractivity contribution in [3.8, 4) is 11.8 Å². The Balaban J connectivity index is 2.51. The highest BCUT2D eigenvalue weighted by atomic mass is 79.9. The van der Waals surface area contributed by atoms with Crippen molar-refractivity contribution in [2.75, 3.05) is 0 Å². The molecule has 1 atom stereocenters. The molecule has 0 saturated heterocycles. The molecule has 1 aromatic carbocycles. The van der Waals surface area contributed by atoms with Gasteiger partial charge in [0.1, 0.15) is 11.8 Å². The van der Waals surface area contributed by atoms with Crippen LogP contribution in [0.3, 0.4) is 0 Å².